The number of fused-ring (bicyclic) bond motifs is 1. The highest BCUT2D eigenvalue weighted by atomic mass is 19.1. The van der Waals surface area contributed by atoms with E-state index in [4.69, 9.17) is 4.42 Å². The van der Waals surface area contributed by atoms with Crippen molar-refractivity contribution in [1.29, 1.82) is 0 Å². The van der Waals surface area contributed by atoms with Crippen molar-refractivity contribution in [2.75, 3.05) is 0 Å². The second-order valence-corrected chi connectivity index (χ2v) is 4.31. The van der Waals surface area contributed by atoms with Gasteiger partial charge >= 0.3 is 0 Å². The lowest BCUT2D eigenvalue weighted by Gasteiger charge is -1.98. The van der Waals surface area contributed by atoms with Crippen LogP contribution in [0.25, 0.3) is 28.4 Å². The molecule has 0 saturated heterocycles. The van der Waals surface area contributed by atoms with Gasteiger partial charge in [0.2, 0.25) is 5.89 Å². The van der Waals surface area contributed by atoms with Crippen molar-refractivity contribution < 1.29 is 19.0 Å². The minimum atomic E-state index is -0.709. The highest BCUT2D eigenvalue weighted by Gasteiger charge is 2.15. The van der Waals surface area contributed by atoms with Crippen molar-refractivity contribution in [2.45, 2.75) is 0 Å². The monoisotopic (exact) mass is 271 g/mol. The minimum absolute atomic E-state index is 0.0672. The maximum Gasteiger partial charge on any atom is 0.227 e. The molecule has 0 bridgehead atoms. The Morgan fingerprint density at radius 2 is 1.80 bits per heavy atom. The molecule has 1 aromatic heterocycles. The third-order valence-electron chi connectivity index (χ3n) is 2.88. The molecule has 0 aliphatic rings. The smallest absolute Gasteiger partial charge is 0.227 e. The molecule has 2 aromatic carbocycles. The molecule has 0 amide bonds. The summed E-state index contributed by atoms with van der Waals surface area (Å²) in [5.74, 6) is -0.426. The summed E-state index contributed by atoms with van der Waals surface area (Å²) in [4.78, 5) is 4.20. The highest BCUT2D eigenvalue weighted by molar-refractivity contribution is 5.88. The summed E-state index contributed by atoms with van der Waals surface area (Å²) < 4.78 is 18.9. The van der Waals surface area contributed by atoms with E-state index in [1.54, 1.807) is 12.1 Å². The third-order valence-corrected chi connectivity index (χ3v) is 2.88. The zero-order chi connectivity index (χ0) is 14.3. The van der Waals surface area contributed by atoms with Gasteiger partial charge in [0.25, 0.3) is 0 Å². The molecular weight excluding hydrogens is 261 g/mol. The summed E-state index contributed by atoms with van der Waals surface area (Å²) in [5.41, 5.74) is 1.26. The van der Waals surface area contributed by atoms with Gasteiger partial charge in [-0.15, -0.1) is 0 Å². The quantitative estimate of drug-likeness (QED) is 0.743. The molecule has 0 fully saturated rings. The molecule has 4 nitrogen and oxygen atoms in total. The topological polar surface area (TPSA) is 66.5 Å². The van der Waals surface area contributed by atoms with Crippen molar-refractivity contribution in [3.05, 3.63) is 48.5 Å². The van der Waals surface area contributed by atoms with Crippen LogP contribution in [-0.4, -0.2) is 15.2 Å². The van der Waals surface area contributed by atoms with Crippen LogP contribution in [0.15, 0.2) is 47.4 Å². The normalized spacial score (nSPS) is 10.8. The van der Waals surface area contributed by atoms with Crippen LogP contribution < -0.4 is 0 Å². The number of oxazole rings is 1. The van der Waals surface area contributed by atoms with Gasteiger partial charge in [0.05, 0.1) is 5.56 Å². The first-order valence-corrected chi connectivity index (χ1v) is 5.82. The van der Waals surface area contributed by atoms with Gasteiger partial charge in [0.15, 0.2) is 5.58 Å². The number of halogens is 1. The first-order chi connectivity index (χ1) is 9.54. The van der Waals surface area contributed by atoms with Gasteiger partial charge in [0.1, 0.15) is 22.8 Å². The molecule has 0 unspecified atom stereocenters. The number of hydrogen-bond acceptors (Lipinski definition) is 4. The van der Waals surface area contributed by atoms with E-state index in [1.807, 2.05) is 0 Å². The van der Waals surface area contributed by atoms with E-state index in [-0.39, 0.29) is 28.5 Å². The Balaban J connectivity index is 2.22. The Labute approximate surface area is 113 Å². The van der Waals surface area contributed by atoms with Crippen LogP contribution >= 0.6 is 0 Å². The number of phenolic OH excluding ortho intramolecular Hbond substituents is 2. The van der Waals surface area contributed by atoms with Crippen LogP contribution in [0.4, 0.5) is 4.39 Å². The molecule has 2 N–H and O–H groups in total. The SMILES string of the molecule is C=C(F)c1cc(O)cc2nc(-c3ccc(O)cc3)oc12. The number of aromatic nitrogens is 1. The maximum absolute atomic E-state index is 13.4. The van der Waals surface area contributed by atoms with Gasteiger partial charge < -0.3 is 14.6 Å². The van der Waals surface area contributed by atoms with Crippen molar-refractivity contribution in [1.82, 2.24) is 4.98 Å². The Hall–Kier alpha value is -2.82. The molecule has 3 aromatic rings. The van der Waals surface area contributed by atoms with Crippen LogP contribution in [0.3, 0.4) is 0 Å². The molecule has 0 aliphatic carbocycles. The standard InChI is InChI=1S/C15H10FNO3/c1-8(16)12-6-11(19)7-13-14(12)20-15(17-13)9-2-4-10(18)5-3-9/h2-7,18-19H,1H2. The lowest BCUT2D eigenvalue weighted by atomic mass is 10.1. The van der Waals surface area contributed by atoms with Crippen molar-refractivity contribution in [3.63, 3.8) is 0 Å². The molecule has 0 atom stereocenters. The Kier molecular flexibility index (Phi) is 2.68. The fourth-order valence-corrected chi connectivity index (χ4v) is 1.95. The first kappa shape index (κ1) is 12.2. The van der Waals surface area contributed by atoms with E-state index in [0.29, 0.717) is 11.1 Å². The average Bonchev–Trinajstić information content (AvgIpc) is 2.81. The van der Waals surface area contributed by atoms with Gasteiger partial charge in [-0.3, -0.25) is 0 Å². The highest BCUT2D eigenvalue weighted by Crippen LogP contribution is 2.33. The largest absolute Gasteiger partial charge is 0.508 e. The summed E-state index contributed by atoms with van der Waals surface area (Å²) in [6.07, 6.45) is 0. The molecule has 0 spiro atoms. The van der Waals surface area contributed by atoms with E-state index < -0.39 is 5.83 Å². The number of phenols is 2. The number of nitrogens with zero attached hydrogens (tertiary/aromatic N) is 1. The van der Waals surface area contributed by atoms with Gasteiger partial charge in [-0.2, -0.15) is 0 Å². The van der Waals surface area contributed by atoms with Gasteiger partial charge in [-0.25, -0.2) is 9.37 Å². The molecule has 0 saturated carbocycles. The van der Waals surface area contributed by atoms with Crippen molar-refractivity contribution >= 4 is 16.9 Å². The van der Waals surface area contributed by atoms with E-state index in [0.717, 1.165) is 0 Å². The molecule has 0 aliphatic heterocycles. The predicted molar refractivity (Wildman–Crippen MR) is 72.9 cm³/mol. The van der Waals surface area contributed by atoms with Crippen LogP contribution in [0.5, 0.6) is 11.5 Å². The Bertz CT molecular complexity index is 806. The lowest BCUT2D eigenvalue weighted by molar-refractivity contribution is 0.474. The zero-order valence-corrected chi connectivity index (χ0v) is 10.3. The zero-order valence-electron chi connectivity index (χ0n) is 10.3. The summed E-state index contributed by atoms with van der Waals surface area (Å²) in [5, 5.41) is 18.8. The molecular formula is C15H10FNO3. The predicted octanol–water partition coefficient (Wildman–Crippen LogP) is 3.85. The van der Waals surface area contributed by atoms with E-state index in [9.17, 15) is 14.6 Å². The Morgan fingerprint density at radius 3 is 2.45 bits per heavy atom. The van der Waals surface area contributed by atoms with Crippen LogP contribution in [0, 0.1) is 0 Å². The summed E-state index contributed by atoms with van der Waals surface area (Å²) in [7, 11) is 0. The van der Waals surface area contributed by atoms with Crippen molar-refractivity contribution in [2.24, 2.45) is 0 Å². The van der Waals surface area contributed by atoms with Crippen molar-refractivity contribution in [3.8, 4) is 23.0 Å². The minimum Gasteiger partial charge on any atom is -0.508 e. The molecule has 100 valence electrons. The van der Waals surface area contributed by atoms with E-state index >= 15 is 0 Å². The summed E-state index contributed by atoms with van der Waals surface area (Å²) in [6.45, 7) is 3.21. The molecule has 1 heterocycles. The third kappa shape index (κ3) is 1.99. The second-order valence-electron chi connectivity index (χ2n) is 4.31. The first-order valence-electron chi connectivity index (χ1n) is 5.82. The number of rotatable bonds is 2. The number of hydrogen-bond donors (Lipinski definition) is 2. The molecule has 3 rings (SSSR count). The Morgan fingerprint density at radius 1 is 1.10 bits per heavy atom. The fourth-order valence-electron chi connectivity index (χ4n) is 1.95. The van der Waals surface area contributed by atoms with E-state index in [2.05, 4.69) is 11.6 Å². The molecule has 5 heteroatoms. The van der Waals surface area contributed by atoms with Crippen LogP contribution in [0.2, 0.25) is 0 Å². The fraction of sp³-hybridized carbons (Fsp3) is 0. The molecule has 20 heavy (non-hydrogen) atoms. The van der Waals surface area contributed by atoms with E-state index in [1.165, 1.54) is 24.3 Å². The molecule has 0 radical (unpaired) electrons. The van der Waals surface area contributed by atoms with Gasteiger partial charge in [-0.1, -0.05) is 6.58 Å². The summed E-state index contributed by atoms with van der Waals surface area (Å²) in [6, 6.07) is 8.87. The second kappa shape index (κ2) is 4.38. The van der Waals surface area contributed by atoms with Gasteiger partial charge in [-0.05, 0) is 30.3 Å². The number of aromatic hydroxyl groups is 2. The van der Waals surface area contributed by atoms with Gasteiger partial charge in [0, 0.05) is 11.6 Å². The maximum atomic E-state index is 13.4. The summed E-state index contributed by atoms with van der Waals surface area (Å²) >= 11 is 0. The lowest BCUT2D eigenvalue weighted by Crippen LogP contribution is -1.79. The van der Waals surface area contributed by atoms with Crippen LogP contribution in [-0.2, 0) is 0 Å². The van der Waals surface area contributed by atoms with Crippen LogP contribution in [0.1, 0.15) is 5.56 Å². The number of benzene rings is 2. The average molecular weight is 271 g/mol.